The lowest BCUT2D eigenvalue weighted by Gasteiger charge is -2.30. The molecule has 0 atom stereocenters. The van der Waals surface area contributed by atoms with Crippen molar-refractivity contribution >= 4 is 21.9 Å². The zero-order chi connectivity index (χ0) is 21.1. The topological polar surface area (TPSA) is 105 Å². The monoisotopic (exact) mass is 430 g/mol. The summed E-state index contributed by atoms with van der Waals surface area (Å²) < 4.78 is 45.9. The zero-order valence-electron chi connectivity index (χ0n) is 15.9. The van der Waals surface area contributed by atoms with Gasteiger partial charge in [-0.3, -0.25) is 10.1 Å². The minimum Gasteiger partial charge on any atom is -0.403 e. The van der Waals surface area contributed by atoms with Gasteiger partial charge < -0.3 is 4.42 Å². The predicted octanol–water partition coefficient (Wildman–Crippen LogP) is 2.92. The van der Waals surface area contributed by atoms with E-state index in [0.29, 0.717) is 12.8 Å². The van der Waals surface area contributed by atoms with E-state index in [1.165, 1.54) is 22.5 Å². The van der Waals surface area contributed by atoms with Gasteiger partial charge in [-0.25, -0.2) is 12.8 Å². The molecule has 30 heavy (non-hydrogen) atoms. The Bertz CT molecular complexity index is 1140. The molecule has 0 bridgehead atoms. The van der Waals surface area contributed by atoms with Crippen LogP contribution in [0.15, 0.2) is 63.9 Å². The van der Waals surface area contributed by atoms with Crippen molar-refractivity contribution in [2.75, 3.05) is 18.4 Å². The van der Waals surface area contributed by atoms with E-state index in [2.05, 4.69) is 15.5 Å². The molecule has 1 aliphatic rings. The van der Waals surface area contributed by atoms with Crippen molar-refractivity contribution in [1.82, 2.24) is 14.5 Å². The van der Waals surface area contributed by atoms with Gasteiger partial charge in [0, 0.05) is 24.6 Å². The maximum atomic E-state index is 13.9. The van der Waals surface area contributed by atoms with E-state index in [4.69, 9.17) is 4.42 Å². The molecule has 156 valence electrons. The number of nitrogens with zero attached hydrogens (tertiary/aromatic N) is 3. The Kier molecular flexibility index (Phi) is 5.60. The van der Waals surface area contributed by atoms with Crippen LogP contribution in [0.1, 0.15) is 12.8 Å². The van der Waals surface area contributed by atoms with Crippen LogP contribution in [0, 0.1) is 11.7 Å². The lowest BCUT2D eigenvalue weighted by molar-refractivity contribution is -0.121. The fourth-order valence-corrected chi connectivity index (χ4v) is 4.86. The molecular formula is C20H19FN4O4S. The van der Waals surface area contributed by atoms with Gasteiger partial charge in [-0.1, -0.05) is 35.4 Å². The van der Waals surface area contributed by atoms with Crippen LogP contribution in [0.25, 0.3) is 11.5 Å². The SMILES string of the molecule is O=C(Nc1nnc(-c2ccccc2)o1)C1CCN(S(=O)(=O)c2ccccc2F)CC1. The molecule has 2 aromatic carbocycles. The number of hydrogen-bond donors (Lipinski definition) is 1. The van der Waals surface area contributed by atoms with Gasteiger partial charge in [0.25, 0.3) is 0 Å². The highest BCUT2D eigenvalue weighted by atomic mass is 32.2. The first kappa shape index (κ1) is 20.2. The number of amides is 1. The molecule has 1 amide bonds. The minimum absolute atomic E-state index is 0.0136. The second-order valence-electron chi connectivity index (χ2n) is 6.88. The summed E-state index contributed by atoms with van der Waals surface area (Å²) in [6.07, 6.45) is 0.610. The number of carbonyl (C=O) groups excluding carboxylic acids is 1. The summed E-state index contributed by atoms with van der Waals surface area (Å²) in [5.41, 5.74) is 0.733. The highest BCUT2D eigenvalue weighted by molar-refractivity contribution is 7.89. The molecule has 0 unspecified atom stereocenters. The van der Waals surface area contributed by atoms with Gasteiger partial charge in [-0.05, 0) is 37.1 Å². The van der Waals surface area contributed by atoms with E-state index in [0.717, 1.165) is 11.6 Å². The second kappa shape index (κ2) is 8.33. The summed E-state index contributed by atoms with van der Waals surface area (Å²) in [4.78, 5) is 12.2. The molecule has 0 spiro atoms. The molecule has 1 saturated heterocycles. The molecule has 1 fully saturated rings. The summed E-state index contributed by atoms with van der Waals surface area (Å²) in [7, 11) is -3.94. The van der Waals surface area contributed by atoms with Gasteiger partial charge in [0.2, 0.25) is 21.8 Å². The number of sulfonamides is 1. The molecule has 0 radical (unpaired) electrons. The number of nitrogens with one attached hydrogen (secondary N) is 1. The van der Waals surface area contributed by atoms with Crippen LogP contribution in [-0.4, -0.2) is 41.9 Å². The van der Waals surface area contributed by atoms with Gasteiger partial charge in [-0.2, -0.15) is 4.31 Å². The summed E-state index contributed by atoms with van der Waals surface area (Å²) in [5.74, 6) is -1.23. The van der Waals surface area contributed by atoms with Gasteiger partial charge in [0.05, 0.1) is 0 Å². The molecule has 0 saturated carbocycles. The van der Waals surface area contributed by atoms with E-state index in [1.54, 1.807) is 0 Å². The Morgan fingerprint density at radius 3 is 2.40 bits per heavy atom. The van der Waals surface area contributed by atoms with Crippen LogP contribution < -0.4 is 5.32 Å². The Balaban J connectivity index is 1.37. The van der Waals surface area contributed by atoms with Crippen molar-refractivity contribution in [2.45, 2.75) is 17.7 Å². The lowest BCUT2D eigenvalue weighted by atomic mass is 9.97. The Morgan fingerprint density at radius 2 is 1.70 bits per heavy atom. The fraction of sp³-hybridized carbons (Fsp3) is 0.250. The van der Waals surface area contributed by atoms with Gasteiger partial charge in [0.1, 0.15) is 10.7 Å². The largest absolute Gasteiger partial charge is 0.403 e. The van der Waals surface area contributed by atoms with Gasteiger partial charge in [-0.15, -0.1) is 5.10 Å². The van der Waals surface area contributed by atoms with Crippen LogP contribution >= 0.6 is 0 Å². The Labute approximate surface area is 172 Å². The van der Waals surface area contributed by atoms with E-state index in [1.807, 2.05) is 30.3 Å². The van der Waals surface area contributed by atoms with Crippen molar-refractivity contribution in [3.63, 3.8) is 0 Å². The third-order valence-electron chi connectivity index (χ3n) is 4.96. The molecule has 3 aromatic rings. The van der Waals surface area contributed by atoms with Crippen LogP contribution in [0.3, 0.4) is 0 Å². The summed E-state index contributed by atoms with van der Waals surface area (Å²) in [5, 5.41) is 10.3. The number of benzene rings is 2. The number of piperidine rings is 1. The standard InChI is InChI=1S/C20H19FN4O4S/c21-16-8-4-5-9-17(16)30(27,28)25-12-10-14(11-13-25)18(26)22-20-24-23-19(29-20)15-6-2-1-3-7-15/h1-9,14H,10-13H2,(H,22,24,26). The number of hydrogen-bond acceptors (Lipinski definition) is 6. The van der Waals surface area contributed by atoms with Crippen LogP contribution in [0.2, 0.25) is 0 Å². The van der Waals surface area contributed by atoms with E-state index in [-0.39, 0.29) is 35.8 Å². The highest BCUT2D eigenvalue weighted by Crippen LogP contribution is 2.26. The zero-order valence-corrected chi connectivity index (χ0v) is 16.7. The van der Waals surface area contributed by atoms with E-state index < -0.39 is 21.8 Å². The lowest BCUT2D eigenvalue weighted by Crippen LogP contribution is -2.41. The molecule has 8 nitrogen and oxygen atoms in total. The van der Waals surface area contributed by atoms with Crippen LogP contribution in [-0.2, 0) is 14.8 Å². The molecule has 1 aromatic heterocycles. The van der Waals surface area contributed by atoms with E-state index >= 15 is 0 Å². The van der Waals surface area contributed by atoms with Crippen molar-refractivity contribution in [3.05, 3.63) is 60.4 Å². The number of carbonyl (C=O) groups is 1. The quantitative estimate of drug-likeness (QED) is 0.667. The van der Waals surface area contributed by atoms with E-state index in [9.17, 15) is 17.6 Å². The summed E-state index contributed by atoms with van der Waals surface area (Å²) in [6, 6.07) is 14.4. The average Bonchev–Trinajstić information content (AvgIpc) is 3.23. The maximum absolute atomic E-state index is 13.9. The van der Waals surface area contributed by atoms with Crippen molar-refractivity contribution in [1.29, 1.82) is 0 Å². The Morgan fingerprint density at radius 1 is 1.03 bits per heavy atom. The smallest absolute Gasteiger partial charge is 0.322 e. The van der Waals surface area contributed by atoms with Gasteiger partial charge in [0.15, 0.2) is 0 Å². The predicted molar refractivity (Wildman–Crippen MR) is 106 cm³/mol. The van der Waals surface area contributed by atoms with Crippen molar-refractivity contribution in [2.24, 2.45) is 5.92 Å². The molecule has 0 aliphatic carbocycles. The number of aromatic nitrogens is 2. The minimum atomic E-state index is -3.94. The van der Waals surface area contributed by atoms with Crippen molar-refractivity contribution < 1.29 is 22.0 Å². The molecule has 2 heterocycles. The molecule has 1 aliphatic heterocycles. The molecule has 1 N–H and O–H groups in total. The summed E-state index contributed by atoms with van der Waals surface area (Å²) >= 11 is 0. The number of anilines is 1. The van der Waals surface area contributed by atoms with Crippen LogP contribution in [0.4, 0.5) is 10.4 Å². The third-order valence-corrected chi connectivity index (χ3v) is 6.89. The normalized spacial score (nSPS) is 15.8. The molecular weight excluding hydrogens is 411 g/mol. The first-order chi connectivity index (χ1) is 14.4. The van der Waals surface area contributed by atoms with Gasteiger partial charge >= 0.3 is 6.01 Å². The Hall–Kier alpha value is -3.11. The highest BCUT2D eigenvalue weighted by Gasteiger charge is 2.33. The van der Waals surface area contributed by atoms with Crippen LogP contribution in [0.5, 0.6) is 0 Å². The maximum Gasteiger partial charge on any atom is 0.322 e. The summed E-state index contributed by atoms with van der Waals surface area (Å²) in [6.45, 7) is 0.238. The molecule has 4 rings (SSSR count). The number of rotatable bonds is 5. The van der Waals surface area contributed by atoms with Crippen molar-refractivity contribution in [3.8, 4) is 11.5 Å². The fourth-order valence-electron chi connectivity index (χ4n) is 3.33. The second-order valence-corrected chi connectivity index (χ2v) is 8.78. The third kappa shape index (κ3) is 4.10. The molecule has 10 heteroatoms. The average molecular weight is 430 g/mol. The first-order valence-corrected chi connectivity index (χ1v) is 10.8. The number of halogens is 1. The first-order valence-electron chi connectivity index (χ1n) is 9.39.